The van der Waals surface area contributed by atoms with Gasteiger partial charge in [0.05, 0.1) is 13.1 Å². The van der Waals surface area contributed by atoms with Crippen LogP contribution in [0.1, 0.15) is 63.9 Å². The molecule has 0 aliphatic carbocycles. The Balaban J connectivity index is 0. The second kappa shape index (κ2) is 25.0. The fourth-order valence-electron chi connectivity index (χ4n) is 2.68. The minimum atomic E-state index is -0.965. The number of benzene rings is 2. The molecule has 5 amide bonds. The van der Waals surface area contributed by atoms with Crippen LogP contribution in [0.25, 0.3) is 0 Å². The molecule has 0 fully saturated rings. The van der Waals surface area contributed by atoms with Crippen molar-refractivity contribution in [3.8, 4) is 0 Å². The Morgan fingerprint density at radius 2 is 1.33 bits per heavy atom. The maximum absolute atomic E-state index is 12.1. The monoisotopic (exact) mass is 600 g/mol. The van der Waals surface area contributed by atoms with Gasteiger partial charge in [0.2, 0.25) is 24.0 Å². The largest absolute Gasteiger partial charge is 0.388 e. The highest BCUT2D eigenvalue weighted by atomic mass is 16.2. The lowest BCUT2D eigenvalue weighted by atomic mass is 10.2. The molecule has 0 saturated heterocycles. The van der Waals surface area contributed by atoms with E-state index in [0.717, 1.165) is 17.2 Å². The number of nitrogens with two attached hydrogens (primary N) is 1. The molecule has 0 heterocycles. The first-order valence-electron chi connectivity index (χ1n) is 14.0. The maximum Gasteiger partial charge on any atom is 0.289 e. The summed E-state index contributed by atoms with van der Waals surface area (Å²) in [7, 11) is 1.79. The third kappa shape index (κ3) is 21.6. The summed E-state index contributed by atoms with van der Waals surface area (Å²) in [6.45, 7) is 11.5. The molecule has 7 N–H and O–H groups in total. The van der Waals surface area contributed by atoms with Crippen molar-refractivity contribution in [1.29, 1.82) is 0 Å². The fourth-order valence-corrected chi connectivity index (χ4v) is 2.68. The smallest absolute Gasteiger partial charge is 0.289 e. The quantitative estimate of drug-likeness (QED) is 0.168. The Labute approximate surface area is 254 Å². The van der Waals surface area contributed by atoms with Crippen molar-refractivity contribution in [2.75, 3.05) is 25.5 Å². The van der Waals surface area contributed by atoms with E-state index >= 15 is 0 Å². The van der Waals surface area contributed by atoms with Crippen molar-refractivity contribution in [2.45, 2.75) is 60.5 Å². The first kappa shape index (κ1) is 40.4. The van der Waals surface area contributed by atoms with Crippen LogP contribution in [0.5, 0.6) is 0 Å². The number of nitrogens with one attached hydrogen (secondary N) is 5. The highest BCUT2D eigenvalue weighted by Crippen LogP contribution is 2.08. The third-order valence-corrected chi connectivity index (χ3v) is 4.59. The topological polar surface area (TPSA) is 189 Å². The molecule has 0 radical (unpaired) electrons. The van der Waals surface area contributed by atoms with Crippen LogP contribution in [-0.2, 0) is 30.5 Å². The average Bonchev–Trinajstić information content (AvgIpc) is 2.98. The number of hydrogen-bond donors (Lipinski definition) is 6. The van der Waals surface area contributed by atoms with Crippen molar-refractivity contribution in [3.63, 3.8) is 0 Å². The number of primary amides is 1. The molecule has 0 unspecified atom stereocenters. The van der Waals surface area contributed by atoms with Crippen LogP contribution >= 0.6 is 0 Å². The summed E-state index contributed by atoms with van der Waals surface area (Å²) in [4.78, 5) is 68.5. The van der Waals surface area contributed by atoms with Gasteiger partial charge in [0.15, 0.2) is 0 Å². The molecule has 43 heavy (non-hydrogen) atoms. The molecule has 0 aliphatic heterocycles. The Hall–Kier alpha value is -4.74. The van der Waals surface area contributed by atoms with Crippen LogP contribution in [-0.4, -0.2) is 62.0 Å². The van der Waals surface area contributed by atoms with Gasteiger partial charge in [0.1, 0.15) is 6.04 Å². The van der Waals surface area contributed by atoms with Gasteiger partial charge in [-0.05, 0) is 42.7 Å². The van der Waals surface area contributed by atoms with Crippen molar-refractivity contribution in [1.82, 2.24) is 21.3 Å². The van der Waals surface area contributed by atoms with E-state index < -0.39 is 42.0 Å². The van der Waals surface area contributed by atoms with Gasteiger partial charge in [-0.15, -0.1) is 0 Å². The molecule has 2 aromatic carbocycles. The Morgan fingerprint density at radius 3 is 1.81 bits per heavy atom. The number of anilines is 1. The predicted octanol–water partition coefficient (Wildman–Crippen LogP) is 2.14. The number of amides is 5. The first-order valence-corrected chi connectivity index (χ1v) is 14.0. The Kier molecular flexibility index (Phi) is 23.5. The number of hydrogen-bond acceptors (Lipinski definition) is 7. The fraction of sp³-hybridized carbons (Fsp3) is 0.419. The molecule has 238 valence electrons. The molecule has 0 aromatic heterocycles. The lowest BCUT2D eigenvalue weighted by Crippen LogP contribution is -2.49. The highest BCUT2D eigenvalue weighted by molar-refractivity contribution is 6.37. The maximum atomic E-state index is 12.1. The summed E-state index contributed by atoms with van der Waals surface area (Å²) in [6, 6.07) is 14.7. The molecule has 12 heteroatoms. The highest BCUT2D eigenvalue weighted by Gasteiger charge is 2.19. The zero-order valence-corrected chi connectivity index (χ0v) is 26.3. The van der Waals surface area contributed by atoms with Crippen LogP contribution in [0, 0.1) is 5.92 Å². The second-order valence-corrected chi connectivity index (χ2v) is 9.68. The lowest BCUT2D eigenvalue weighted by molar-refractivity contribution is -0.138. The molecule has 0 aliphatic rings. The summed E-state index contributed by atoms with van der Waals surface area (Å²) < 4.78 is 0. The van der Waals surface area contributed by atoms with Gasteiger partial charge in [0, 0.05) is 24.8 Å². The standard InChI is InChI=1S/C23H27N5O5.C4H10.C3H8.CH3NO/c1-15(28-20(30)14-27-22(32)17-6-4-3-5-7-17)21(31)26-13-19(29)23(33)25-12-16-8-10-18(24-2)11-9-16;1-4(2)3;1-3-2;2-1-3/h3-11,15,24H,12-14H2,1-2H3,(H,25,33)(H,26,31)(H,27,32)(H,28,30);4H,1-3H3;3H2,1-2H3;1H,(H2,2,3)/t15-;;;/m0.../s1. The zero-order valence-electron chi connectivity index (χ0n) is 26.3. The van der Waals surface area contributed by atoms with E-state index in [1.807, 2.05) is 24.3 Å². The van der Waals surface area contributed by atoms with E-state index in [0.29, 0.717) is 5.56 Å². The van der Waals surface area contributed by atoms with Gasteiger partial charge >= 0.3 is 0 Å². The number of carbonyl (C=O) groups excluding carboxylic acids is 6. The Bertz CT molecular complexity index is 1100. The summed E-state index contributed by atoms with van der Waals surface area (Å²) in [5.41, 5.74) is 6.31. The zero-order chi connectivity index (χ0) is 33.2. The minimum absolute atomic E-state index is 0.170. The summed E-state index contributed by atoms with van der Waals surface area (Å²) in [6.07, 6.45) is 1.50. The van der Waals surface area contributed by atoms with E-state index in [1.165, 1.54) is 13.3 Å². The lowest BCUT2D eigenvalue weighted by Gasteiger charge is -2.14. The molecular weight excluding hydrogens is 552 g/mol. The average molecular weight is 601 g/mol. The van der Waals surface area contributed by atoms with Crippen molar-refractivity contribution in [3.05, 3.63) is 65.7 Å². The minimum Gasteiger partial charge on any atom is -0.388 e. The van der Waals surface area contributed by atoms with Crippen molar-refractivity contribution >= 4 is 41.5 Å². The van der Waals surface area contributed by atoms with E-state index in [4.69, 9.17) is 4.79 Å². The van der Waals surface area contributed by atoms with Crippen LogP contribution in [0.15, 0.2) is 54.6 Å². The van der Waals surface area contributed by atoms with Gasteiger partial charge in [0.25, 0.3) is 11.8 Å². The first-order chi connectivity index (χ1) is 20.4. The summed E-state index contributed by atoms with van der Waals surface area (Å²) in [5, 5.41) is 12.6. The van der Waals surface area contributed by atoms with E-state index in [2.05, 4.69) is 66.9 Å². The van der Waals surface area contributed by atoms with E-state index in [9.17, 15) is 24.0 Å². The van der Waals surface area contributed by atoms with Gasteiger partial charge < -0.3 is 32.3 Å². The van der Waals surface area contributed by atoms with E-state index in [-0.39, 0.29) is 19.5 Å². The van der Waals surface area contributed by atoms with Gasteiger partial charge in [-0.1, -0.05) is 71.4 Å². The summed E-state index contributed by atoms with van der Waals surface area (Å²) >= 11 is 0. The third-order valence-electron chi connectivity index (χ3n) is 4.59. The van der Waals surface area contributed by atoms with Crippen LogP contribution in [0.4, 0.5) is 5.69 Å². The second-order valence-electron chi connectivity index (χ2n) is 9.68. The molecule has 2 rings (SSSR count). The van der Waals surface area contributed by atoms with E-state index in [1.54, 1.807) is 37.4 Å². The van der Waals surface area contributed by atoms with Gasteiger partial charge in [-0.25, -0.2) is 0 Å². The van der Waals surface area contributed by atoms with Crippen LogP contribution in [0.3, 0.4) is 0 Å². The van der Waals surface area contributed by atoms with Gasteiger partial charge in [-0.2, -0.15) is 0 Å². The van der Waals surface area contributed by atoms with Crippen molar-refractivity contribution < 1.29 is 28.8 Å². The number of Topliss-reactive ketones (excluding diaryl/α,β-unsaturated/α-hetero) is 1. The van der Waals surface area contributed by atoms with Crippen LogP contribution < -0.4 is 32.3 Å². The molecule has 1 atom stereocenters. The Morgan fingerprint density at radius 1 is 0.814 bits per heavy atom. The summed E-state index contributed by atoms with van der Waals surface area (Å²) in [5.74, 6) is -2.44. The number of carbonyl (C=O) groups is 6. The number of rotatable bonds is 11. The molecule has 0 saturated carbocycles. The molecule has 0 spiro atoms. The molecule has 0 bridgehead atoms. The SMILES string of the molecule is CC(C)C.CCC.CNc1ccc(CNC(=O)C(=O)CNC(=O)[C@H](C)NC(=O)CNC(=O)c2ccccc2)cc1.NC=O. The normalized spacial score (nSPS) is 9.95. The molecular formula is C31H48N6O6. The molecule has 2 aromatic rings. The van der Waals surface area contributed by atoms with Crippen molar-refractivity contribution in [2.24, 2.45) is 11.7 Å². The number of ketones is 1. The predicted molar refractivity (Wildman–Crippen MR) is 169 cm³/mol. The molecule has 12 nitrogen and oxygen atoms in total. The van der Waals surface area contributed by atoms with Gasteiger partial charge in [-0.3, -0.25) is 28.8 Å². The van der Waals surface area contributed by atoms with Crippen LogP contribution in [0.2, 0.25) is 0 Å².